The van der Waals surface area contributed by atoms with E-state index in [9.17, 15) is 0 Å². The molecular formula is C18H23N3O. The lowest BCUT2D eigenvalue weighted by molar-refractivity contribution is 0.414. The maximum Gasteiger partial charge on any atom is 0.125 e. The third-order valence-corrected chi connectivity index (χ3v) is 4.17. The molecule has 1 atom stereocenters. The monoisotopic (exact) mass is 297 g/mol. The molecule has 4 nitrogen and oxygen atoms in total. The summed E-state index contributed by atoms with van der Waals surface area (Å²) >= 11 is 0. The molecule has 0 bridgehead atoms. The van der Waals surface area contributed by atoms with E-state index in [1.54, 1.807) is 7.11 Å². The lowest BCUT2D eigenvalue weighted by Gasteiger charge is -2.22. The van der Waals surface area contributed by atoms with Crippen LogP contribution in [0.5, 0.6) is 5.75 Å². The van der Waals surface area contributed by atoms with Gasteiger partial charge in [0.05, 0.1) is 7.11 Å². The molecule has 1 aromatic carbocycles. The van der Waals surface area contributed by atoms with Crippen molar-refractivity contribution in [2.75, 3.05) is 20.2 Å². The normalized spacial score (nSPS) is 18.2. The van der Waals surface area contributed by atoms with Crippen LogP contribution >= 0.6 is 0 Å². The highest BCUT2D eigenvalue weighted by Crippen LogP contribution is 2.23. The zero-order valence-electron chi connectivity index (χ0n) is 13.3. The Morgan fingerprint density at radius 2 is 2.05 bits per heavy atom. The number of benzene rings is 1. The van der Waals surface area contributed by atoms with E-state index < -0.39 is 0 Å². The number of methoxy groups -OCH3 is 1. The number of hydrogen-bond acceptors (Lipinski definition) is 4. The molecule has 1 saturated heterocycles. The molecule has 0 spiro atoms. The highest BCUT2D eigenvalue weighted by molar-refractivity contribution is 5.30. The molecule has 1 aliphatic rings. The van der Waals surface area contributed by atoms with Crippen LogP contribution in [0.4, 0.5) is 0 Å². The summed E-state index contributed by atoms with van der Waals surface area (Å²) in [6.45, 7) is 4.13. The molecule has 1 aromatic heterocycles. The predicted molar refractivity (Wildman–Crippen MR) is 87.4 cm³/mol. The Morgan fingerprint density at radius 3 is 2.73 bits per heavy atom. The summed E-state index contributed by atoms with van der Waals surface area (Å²) < 4.78 is 5.20. The molecule has 3 rings (SSSR count). The summed E-state index contributed by atoms with van der Waals surface area (Å²) in [6.07, 6.45) is 3.27. The molecule has 0 amide bonds. The fraction of sp³-hybridized carbons (Fsp3) is 0.444. The Morgan fingerprint density at radius 1 is 1.23 bits per heavy atom. The smallest absolute Gasteiger partial charge is 0.125 e. The van der Waals surface area contributed by atoms with Crippen molar-refractivity contribution in [2.45, 2.75) is 32.1 Å². The molecule has 1 N–H and O–H groups in total. The molecule has 0 aliphatic carbocycles. The fourth-order valence-electron chi connectivity index (χ4n) is 3.01. The van der Waals surface area contributed by atoms with Crippen molar-refractivity contribution in [3.05, 3.63) is 53.1 Å². The van der Waals surface area contributed by atoms with Crippen molar-refractivity contribution in [2.24, 2.45) is 0 Å². The quantitative estimate of drug-likeness (QED) is 0.942. The highest BCUT2D eigenvalue weighted by atomic mass is 16.5. The average molecular weight is 297 g/mol. The zero-order chi connectivity index (χ0) is 15.4. The SMILES string of the molecule is COc1ccc(Cc2cc(C3CCCNC3)nc(C)n2)cc1. The molecule has 4 heteroatoms. The maximum atomic E-state index is 5.20. The summed E-state index contributed by atoms with van der Waals surface area (Å²) in [6, 6.07) is 10.4. The number of ether oxygens (including phenoxy) is 1. The summed E-state index contributed by atoms with van der Waals surface area (Å²) in [5.74, 6) is 2.27. The van der Waals surface area contributed by atoms with E-state index in [0.29, 0.717) is 5.92 Å². The van der Waals surface area contributed by atoms with E-state index in [1.165, 1.54) is 24.1 Å². The van der Waals surface area contributed by atoms with Gasteiger partial charge in [-0.15, -0.1) is 0 Å². The second kappa shape index (κ2) is 6.88. The number of aromatic nitrogens is 2. The van der Waals surface area contributed by atoms with Crippen molar-refractivity contribution < 1.29 is 4.74 Å². The number of hydrogen-bond donors (Lipinski definition) is 1. The molecule has 0 radical (unpaired) electrons. The van der Waals surface area contributed by atoms with Gasteiger partial charge in [-0.1, -0.05) is 12.1 Å². The second-order valence-corrected chi connectivity index (χ2v) is 5.90. The van der Waals surface area contributed by atoms with E-state index in [4.69, 9.17) is 4.74 Å². The van der Waals surface area contributed by atoms with Gasteiger partial charge in [0.25, 0.3) is 0 Å². The van der Waals surface area contributed by atoms with Crippen LogP contribution in [0.2, 0.25) is 0 Å². The van der Waals surface area contributed by atoms with E-state index in [-0.39, 0.29) is 0 Å². The Hall–Kier alpha value is -1.94. The van der Waals surface area contributed by atoms with Gasteiger partial charge in [0.15, 0.2) is 0 Å². The van der Waals surface area contributed by atoms with Crippen LogP contribution < -0.4 is 10.1 Å². The van der Waals surface area contributed by atoms with Gasteiger partial charge in [0.2, 0.25) is 0 Å². The lowest BCUT2D eigenvalue weighted by atomic mass is 9.95. The first-order valence-electron chi connectivity index (χ1n) is 7.92. The first-order chi connectivity index (χ1) is 10.7. The van der Waals surface area contributed by atoms with Crippen molar-refractivity contribution in [1.82, 2.24) is 15.3 Å². The number of rotatable bonds is 4. The predicted octanol–water partition coefficient (Wildman–Crippen LogP) is 2.85. The van der Waals surface area contributed by atoms with Gasteiger partial charge >= 0.3 is 0 Å². The maximum absolute atomic E-state index is 5.20. The molecule has 1 aliphatic heterocycles. The minimum atomic E-state index is 0.519. The van der Waals surface area contributed by atoms with Crippen molar-refractivity contribution in [3.63, 3.8) is 0 Å². The largest absolute Gasteiger partial charge is 0.497 e. The van der Waals surface area contributed by atoms with Gasteiger partial charge in [0.1, 0.15) is 11.6 Å². The Kier molecular flexibility index (Phi) is 4.68. The van der Waals surface area contributed by atoms with Gasteiger partial charge < -0.3 is 10.1 Å². The van der Waals surface area contributed by atoms with Crippen molar-refractivity contribution in [1.29, 1.82) is 0 Å². The minimum Gasteiger partial charge on any atom is -0.497 e. The number of nitrogens with zero attached hydrogens (tertiary/aromatic N) is 2. The Bertz CT molecular complexity index is 619. The Labute approximate surface area is 132 Å². The molecular weight excluding hydrogens is 274 g/mol. The third-order valence-electron chi connectivity index (χ3n) is 4.17. The second-order valence-electron chi connectivity index (χ2n) is 5.90. The summed E-state index contributed by atoms with van der Waals surface area (Å²) in [7, 11) is 1.69. The standard InChI is InChI=1S/C18H23N3O/c1-13-20-16(10-14-5-7-17(22-2)8-6-14)11-18(21-13)15-4-3-9-19-12-15/h5-8,11,15,19H,3-4,9-10,12H2,1-2H3. The first-order valence-corrected chi connectivity index (χ1v) is 7.92. The average Bonchev–Trinajstić information content (AvgIpc) is 2.56. The molecule has 116 valence electrons. The topological polar surface area (TPSA) is 47.0 Å². The Balaban J connectivity index is 1.79. The summed E-state index contributed by atoms with van der Waals surface area (Å²) in [5, 5.41) is 3.46. The van der Waals surface area contributed by atoms with Crippen LogP contribution in [-0.2, 0) is 6.42 Å². The third kappa shape index (κ3) is 3.63. The highest BCUT2D eigenvalue weighted by Gasteiger charge is 2.17. The zero-order valence-corrected chi connectivity index (χ0v) is 13.3. The molecule has 1 unspecified atom stereocenters. The van der Waals surface area contributed by atoms with E-state index >= 15 is 0 Å². The van der Waals surface area contributed by atoms with E-state index in [1.807, 2.05) is 19.1 Å². The van der Waals surface area contributed by atoms with Gasteiger partial charge in [-0.25, -0.2) is 9.97 Å². The van der Waals surface area contributed by atoms with Gasteiger partial charge in [-0.2, -0.15) is 0 Å². The lowest BCUT2D eigenvalue weighted by Crippen LogP contribution is -2.29. The molecule has 22 heavy (non-hydrogen) atoms. The summed E-state index contributed by atoms with van der Waals surface area (Å²) in [4.78, 5) is 9.26. The first kappa shape index (κ1) is 15.0. The summed E-state index contributed by atoms with van der Waals surface area (Å²) in [5.41, 5.74) is 3.52. The molecule has 0 saturated carbocycles. The van der Waals surface area contributed by atoms with Crippen LogP contribution in [0.25, 0.3) is 0 Å². The van der Waals surface area contributed by atoms with E-state index in [2.05, 4.69) is 33.5 Å². The fourth-order valence-corrected chi connectivity index (χ4v) is 3.01. The van der Waals surface area contributed by atoms with Crippen LogP contribution in [0.3, 0.4) is 0 Å². The van der Waals surface area contributed by atoms with Crippen molar-refractivity contribution >= 4 is 0 Å². The number of aryl methyl sites for hydroxylation is 1. The van der Waals surface area contributed by atoms with Crippen molar-refractivity contribution in [3.8, 4) is 5.75 Å². The number of piperidine rings is 1. The van der Waals surface area contributed by atoms with Crippen LogP contribution in [0.15, 0.2) is 30.3 Å². The van der Waals surface area contributed by atoms with Gasteiger partial charge in [0, 0.05) is 30.3 Å². The molecule has 2 aromatic rings. The minimum absolute atomic E-state index is 0.519. The van der Waals surface area contributed by atoms with Crippen LogP contribution in [-0.4, -0.2) is 30.2 Å². The van der Waals surface area contributed by atoms with E-state index in [0.717, 1.165) is 36.8 Å². The van der Waals surface area contributed by atoms with Crippen LogP contribution in [0.1, 0.15) is 41.5 Å². The number of nitrogens with one attached hydrogen (secondary N) is 1. The van der Waals surface area contributed by atoms with Gasteiger partial charge in [-0.3, -0.25) is 0 Å². The molecule has 2 heterocycles. The van der Waals surface area contributed by atoms with Gasteiger partial charge in [-0.05, 0) is 50.1 Å². The molecule has 1 fully saturated rings. The van der Waals surface area contributed by atoms with Crippen LogP contribution in [0, 0.1) is 6.92 Å².